The van der Waals surface area contributed by atoms with Crippen molar-refractivity contribution in [3.8, 4) is 11.1 Å². The molecule has 1 heterocycles. The highest BCUT2D eigenvalue weighted by Crippen LogP contribution is 2.23. The van der Waals surface area contributed by atoms with Crippen molar-refractivity contribution in [1.29, 1.82) is 0 Å². The summed E-state index contributed by atoms with van der Waals surface area (Å²) in [6.07, 6.45) is 2.40. The van der Waals surface area contributed by atoms with E-state index in [1.165, 1.54) is 10.6 Å². The van der Waals surface area contributed by atoms with Gasteiger partial charge in [-0.25, -0.2) is 4.98 Å². The molecule has 3 rings (SSSR count). The number of hydrogen-bond acceptors (Lipinski definition) is 3. The highest BCUT2D eigenvalue weighted by molar-refractivity contribution is 5.67. The highest BCUT2D eigenvalue weighted by Gasteiger charge is 2.05. The van der Waals surface area contributed by atoms with Gasteiger partial charge in [0.15, 0.2) is 0 Å². The Balaban J connectivity index is 1.93. The summed E-state index contributed by atoms with van der Waals surface area (Å²) in [6.45, 7) is 3.81. The Morgan fingerprint density at radius 3 is 2.54 bits per heavy atom. The molecule has 0 saturated heterocycles. The molecule has 0 spiro atoms. The monoisotopic (exact) mass is 317 g/mol. The van der Waals surface area contributed by atoms with Crippen LogP contribution in [0, 0.1) is 0 Å². The third-order valence-electron chi connectivity index (χ3n) is 3.99. The first-order chi connectivity index (χ1) is 11.6. The van der Waals surface area contributed by atoms with Crippen LogP contribution in [-0.2, 0) is 13.5 Å². The van der Waals surface area contributed by atoms with Crippen LogP contribution in [0.3, 0.4) is 0 Å². The summed E-state index contributed by atoms with van der Waals surface area (Å²) in [5.41, 5.74) is 10.7. The third-order valence-corrected chi connectivity index (χ3v) is 3.99. The number of hydrogen-bond donors (Lipinski definition) is 1. The standard InChI is InChI=1S/C20H19N3O/c1-3-14-6-4-8-16(10-14)17-9-5-7-15(11-17)12-18-13-19(24)23(2)20(21)22-18/h3-11,13H,1,12H2,2H3,(H2,21,22). The van der Waals surface area contributed by atoms with Crippen molar-refractivity contribution in [3.05, 3.63) is 88.4 Å². The molecule has 1 aromatic heterocycles. The summed E-state index contributed by atoms with van der Waals surface area (Å²) in [4.78, 5) is 16.1. The van der Waals surface area contributed by atoms with Crippen molar-refractivity contribution in [2.24, 2.45) is 7.05 Å². The number of nitrogens with zero attached hydrogens (tertiary/aromatic N) is 2. The average Bonchev–Trinajstić information content (AvgIpc) is 2.60. The zero-order valence-corrected chi connectivity index (χ0v) is 13.6. The minimum atomic E-state index is -0.146. The van der Waals surface area contributed by atoms with Gasteiger partial charge >= 0.3 is 0 Å². The van der Waals surface area contributed by atoms with Crippen LogP contribution in [0.25, 0.3) is 17.2 Å². The smallest absolute Gasteiger partial charge is 0.254 e. The molecule has 0 aliphatic rings. The molecular weight excluding hydrogens is 298 g/mol. The molecule has 0 unspecified atom stereocenters. The molecular formula is C20H19N3O. The number of nitrogen functional groups attached to an aromatic ring is 1. The molecule has 0 saturated carbocycles. The molecule has 3 aromatic rings. The molecule has 24 heavy (non-hydrogen) atoms. The Bertz CT molecular complexity index is 957. The maximum Gasteiger partial charge on any atom is 0.254 e. The molecule has 0 bridgehead atoms. The van der Waals surface area contributed by atoms with Crippen LogP contribution in [0.5, 0.6) is 0 Å². The number of anilines is 1. The summed E-state index contributed by atoms with van der Waals surface area (Å²) in [5.74, 6) is 0.229. The molecule has 2 aromatic carbocycles. The van der Waals surface area contributed by atoms with Gasteiger partial charge in [-0.15, -0.1) is 0 Å². The van der Waals surface area contributed by atoms with Gasteiger partial charge in [0.25, 0.3) is 5.56 Å². The zero-order chi connectivity index (χ0) is 17.1. The summed E-state index contributed by atoms with van der Waals surface area (Å²) >= 11 is 0. The largest absolute Gasteiger partial charge is 0.369 e. The fourth-order valence-corrected chi connectivity index (χ4v) is 2.61. The van der Waals surface area contributed by atoms with Crippen molar-refractivity contribution in [1.82, 2.24) is 9.55 Å². The first kappa shape index (κ1) is 15.7. The van der Waals surface area contributed by atoms with Crippen LogP contribution in [-0.4, -0.2) is 9.55 Å². The van der Waals surface area contributed by atoms with Crippen LogP contribution in [0.4, 0.5) is 5.95 Å². The van der Waals surface area contributed by atoms with E-state index in [0.29, 0.717) is 12.1 Å². The Morgan fingerprint density at radius 1 is 1.12 bits per heavy atom. The van der Waals surface area contributed by atoms with Crippen LogP contribution < -0.4 is 11.3 Å². The van der Waals surface area contributed by atoms with Crippen molar-refractivity contribution in [3.63, 3.8) is 0 Å². The summed E-state index contributed by atoms with van der Waals surface area (Å²) in [5, 5.41) is 0. The lowest BCUT2D eigenvalue weighted by atomic mass is 9.99. The normalized spacial score (nSPS) is 10.5. The molecule has 0 atom stereocenters. The van der Waals surface area contributed by atoms with Crippen LogP contribution >= 0.6 is 0 Å². The topological polar surface area (TPSA) is 60.9 Å². The highest BCUT2D eigenvalue weighted by atomic mass is 16.1. The fraction of sp³-hybridized carbons (Fsp3) is 0.100. The molecule has 0 aliphatic heterocycles. The van der Waals surface area contributed by atoms with Gasteiger partial charge in [-0.1, -0.05) is 55.1 Å². The first-order valence-electron chi connectivity index (χ1n) is 7.71. The van der Waals surface area contributed by atoms with Gasteiger partial charge in [-0.05, 0) is 28.3 Å². The molecule has 2 N–H and O–H groups in total. The second-order valence-corrected chi connectivity index (χ2v) is 5.71. The molecule has 4 heteroatoms. The maximum atomic E-state index is 11.8. The van der Waals surface area contributed by atoms with Gasteiger partial charge in [0, 0.05) is 19.5 Å². The second-order valence-electron chi connectivity index (χ2n) is 5.71. The van der Waals surface area contributed by atoms with E-state index in [9.17, 15) is 4.79 Å². The summed E-state index contributed by atoms with van der Waals surface area (Å²) < 4.78 is 1.33. The van der Waals surface area contributed by atoms with Crippen molar-refractivity contribution in [2.45, 2.75) is 6.42 Å². The molecule has 120 valence electrons. The van der Waals surface area contributed by atoms with E-state index in [1.54, 1.807) is 7.05 Å². The molecule has 0 aliphatic carbocycles. The molecule has 0 amide bonds. The van der Waals surface area contributed by atoms with Gasteiger partial charge in [0.2, 0.25) is 5.95 Å². The summed E-state index contributed by atoms with van der Waals surface area (Å²) in [7, 11) is 1.61. The van der Waals surface area contributed by atoms with Gasteiger partial charge in [0.1, 0.15) is 0 Å². The third kappa shape index (κ3) is 3.27. The molecule has 0 radical (unpaired) electrons. The van der Waals surface area contributed by atoms with Crippen molar-refractivity contribution >= 4 is 12.0 Å². The number of nitrogens with two attached hydrogens (primary N) is 1. The number of aromatic nitrogens is 2. The minimum Gasteiger partial charge on any atom is -0.369 e. The minimum absolute atomic E-state index is 0.146. The van der Waals surface area contributed by atoms with E-state index in [1.807, 2.05) is 30.3 Å². The first-order valence-corrected chi connectivity index (χ1v) is 7.71. The van der Waals surface area contributed by atoms with Crippen LogP contribution in [0.15, 0.2) is 66.0 Å². The summed E-state index contributed by atoms with van der Waals surface area (Å²) in [6, 6.07) is 17.9. The number of benzene rings is 2. The van der Waals surface area contributed by atoms with E-state index < -0.39 is 0 Å². The van der Waals surface area contributed by atoms with Crippen LogP contribution in [0.1, 0.15) is 16.8 Å². The Labute approximate surface area is 140 Å². The molecule has 4 nitrogen and oxygen atoms in total. The lowest BCUT2D eigenvalue weighted by Crippen LogP contribution is -2.21. The number of rotatable bonds is 4. The zero-order valence-electron chi connectivity index (χ0n) is 13.6. The van der Waals surface area contributed by atoms with Gasteiger partial charge in [-0.3, -0.25) is 9.36 Å². The van der Waals surface area contributed by atoms with E-state index in [4.69, 9.17) is 5.73 Å². The van der Waals surface area contributed by atoms with Gasteiger partial charge in [-0.2, -0.15) is 0 Å². The predicted octanol–water partition coefficient (Wildman–Crippen LogP) is 3.26. The van der Waals surface area contributed by atoms with Gasteiger partial charge < -0.3 is 5.73 Å². The average molecular weight is 317 g/mol. The Morgan fingerprint density at radius 2 is 1.83 bits per heavy atom. The van der Waals surface area contributed by atoms with Crippen molar-refractivity contribution in [2.75, 3.05) is 5.73 Å². The fourth-order valence-electron chi connectivity index (χ4n) is 2.61. The SMILES string of the molecule is C=Cc1cccc(-c2cccc(Cc3cc(=O)n(C)c(N)n3)c2)c1. The maximum absolute atomic E-state index is 11.8. The Hall–Kier alpha value is -3.14. The quantitative estimate of drug-likeness (QED) is 0.803. The second kappa shape index (κ2) is 6.54. The Kier molecular flexibility index (Phi) is 4.29. The van der Waals surface area contributed by atoms with E-state index >= 15 is 0 Å². The van der Waals surface area contributed by atoms with Gasteiger partial charge in [0.05, 0.1) is 5.69 Å². The van der Waals surface area contributed by atoms with E-state index in [0.717, 1.165) is 22.3 Å². The molecule has 0 fully saturated rings. The predicted molar refractivity (Wildman–Crippen MR) is 98.7 cm³/mol. The van der Waals surface area contributed by atoms with Crippen molar-refractivity contribution < 1.29 is 0 Å². The van der Waals surface area contributed by atoms with E-state index in [2.05, 4.69) is 35.8 Å². The van der Waals surface area contributed by atoms with Crippen LogP contribution in [0.2, 0.25) is 0 Å². The van der Waals surface area contributed by atoms with E-state index in [-0.39, 0.29) is 11.5 Å². The lowest BCUT2D eigenvalue weighted by molar-refractivity contribution is 0.825. The lowest BCUT2D eigenvalue weighted by Gasteiger charge is -2.08.